The van der Waals surface area contributed by atoms with Crippen molar-refractivity contribution in [2.75, 3.05) is 6.54 Å². The number of hydrogen-bond donors (Lipinski definition) is 2. The lowest BCUT2D eigenvalue weighted by atomic mass is 10.1. The molecule has 1 rings (SSSR count). The molecule has 0 aliphatic heterocycles. The van der Waals surface area contributed by atoms with E-state index in [9.17, 15) is 9.50 Å². The van der Waals surface area contributed by atoms with E-state index in [1.165, 1.54) is 6.07 Å². The molecule has 2 nitrogen and oxygen atoms in total. The molecule has 0 spiro atoms. The van der Waals surface area contributed by atoms with Crippen LogP contribution in [0.3, 0.4) is 0 Å². The predicted molar refractivity (Wildman–Crippen MR) is 52.9 cm³/mol. The molecule has 0 amide bonds. The van der Waals surface area contributed by atoms with Gasteiger partial charge in [0.15, 0.2) is 0 Å². The molecule has 1 aromatic rings. The SMILES string of the molecule is Cc1c(F)cc(C(O)CN)cc1Br. The summed E-state index contributed by atoms with van der Waals surface area (Å²) in [6.07, 6.45) is -0.800. The van der Waals surface area contributed by atoms with Crippen molar-refractivity contribution in [3.63, 3.8) is 0 Å². The van der Waals surface area contributed by atoms with E-state index in [-0.39, 0.29) is 12.4 Å². The van der Waals surface area contributed by atoms with Crippen LogP contribution in [0.15, 0.2) is 16.6 Å². The van der Waals surface area contributed by atoms with Crippen molar-refractivity contribution < 1.29 is 9.50 Å². The van der Waals surface area contributed by atoms with Crippen molar-refractivity contribution in [3.8, 4) is 0 Å². The topological polar surface area (TPSA) is 46.2 Å². The third-order valence-electron chi connectivity index (χ3n) is 1.91. The fourth-order valence-corrected chi connectivity index (χ4v) is 1.45. The third-order valence-corrected chi connectivity index (χ3v) is 2.73. The molecule has 13 heavy (non-hydrogen) atoms. The Kier molecular flexibility index (Phi) is 3.41. The highest BCUT2D eigenvalue weighted by molar-refractivity contribution is 9.10. The second kappa shape index (κ2) is 4.17. The molecule has 1 unspecified atom stereocenters. The molecule has 0 aromatic heterocycles. The van der Waals surface area contributed by atoms with E-state index < -0.39 is 6.10 Å². The molecule has 0 aliphatic rings. The second-order valence-corrected chi connectivity index (χ2v) is 3.72. The molecule has 0 bridgehead atoms. The van der Waals surface area contributed by atoms with Crippen molar-refractivity contribution in [3.05, 3.63) is 33.5 Å². The summed E-state index contributed by atoms with van der Waals surface area (Å²) in [5.41, 5.74) is 6.29. The summed E-state index contributed by atoms with van der Waals surface area (Å²) in [6.45, 7) is 1.76. The normalized spacial score (nSPS) is 13.0. The Labute approximate surface area is 84.7 Å². The first-order valence-electron chi connectivity index (χ1n) is 3.90. The predicted octanol–water partition coefficient (Wildman–Crippen LogP) is 1.89. The van der Waals surface area contributed by atoms with E-state index in [0.29, 0.717) is 15.6 Å². The number of nitrogens with two attached hydrogens (primary N) is 1. The molecule has 4 heteroatoms. The van der Waals surface area contributed by atoms with E-state index in [2.05, 4.69) is 15.9 Å². The van der Waals surface area contributed by atoms with Crippen LogP contribution in [0.1, 0.15) is 17.2 Å². The van der Waals surface area contributed by atoms with Gasteiger partial charge >= 0.3 is 0 Å². The fourth-order valence-electron chi connectivity index (χ4n) is 0.993. The molecular weight excluding hydrogens is 237 g/mol. The van der Waals surface area contributed by atoms with Gasteiger partial charge in [-0.3, -0.25) is 0 Å². The smallest absolute Gasteiger partial charge is 0.127 e. The van der Waals surface area contributed by atoms with Gasteiger partial charge in [-0.2, -0.15) is 0 Å². The van der Waals surface area contributed by atoms with Gasteiger partial charge < -0.3 is 10.8 Å². The molecule has 0 heterocycles. The summed E-state index contributed by atoms with van der Waals surface area (Å²) in [6, 6.07) is 2.98. The van der Waals surface area contributed by atoms with E-state index in [1.54, 1.807) is 13.0 Å². The van der Waals surface area contributed by atoms with Crippen molar-refractivity contribution in [1.29, 1.82) is 0 Å². The zero-order valence-electron chi connectivity index (χ0n) is 7.22. The van der Waals surface area contributed by atoms with Crippen molar-refractivity contribution in [2.45, 2.75) is 13.0 Å². The first-order valence-corrected chi connectivity index (χ1v) is 4.69. The van der Waals surface area contributed by atoms with Crippen molar-refractivity contribution in [2.24, 2.45) is 5.73 Å². The van der Waals surface area contributed by atoms with Crippen LogP contribution in [0.2, 0.25) is 0 Å². The highest BCUT2D eigenvalue weighted by Gasteiger charge is 2.10. The number of benzene rings is 1. The van der Waals surface area contributed by atoms with E-state index in [0.717, 1.165) is 0 Å². The highest BCUT2D eigenvalue weighted by Crippen LogP contribution is 2.24. The number of aliphatic hydroxyl groups excluding tert-OH is 1. The maximum atomic E-state index is 13.2. The molecule has 0 fully saturated rings. The van der Waals surface area contributed by atoms with Gasteiger partial charge in [-0.1, -0.05) is 15.9 Å². The molecule has 0 aliphatic carbocycles. The van der Waals surface area contributed by atoms with Crippen LogP contribution in [0, 0.1) is 12.7 Å². The second-order valence-electron chi connectivity index (χ2n) is 2.86. The number of hydrogen-bond acceptors (Lipinski definition) is 2. The third kappa shape index (κ3) is 2.27. The molecule has 0 saturated heterocycles. The van der Waals surface area contributed by atoms with Gasteiger partial charge in [-0.05, 0) is 30.2 Å². The average molecular weight is 248 g/mol. The Morgan fingerprint density at radius 3 is 2.69 bits per heavy atom. The van der Waals surface area contributed by atoms with Crippen LogP contribution in [-0.2, 0) is 0 Å². The largest absolute Gasteiger partial charge is 0.387 e. The monoisotopic (exact) mass is 247 g/mol. The molecule has 1 atom stereocenters. The Balaban J connectivity index is 3.13. The Bertz CT molecular complexity index is 293. The molecule has 72 valence electrons. The molecule has 0 saturated carbocycles. The maximum absolute atomic E-state index is 13.2. The zero-order valence-corrected chi connectivity index (χ0v) is 8.81. The Morgan fingerprint density at radius 2 is 2.23 bits per heavy atom. The molecular formula is C9H11BrFNO. The number of aliphatic hydroxyl groups is 1. The Hall–Kier alpha value is -0.450. The minimum atomic E-state index is -0.800. The number of halogens is 2. The molecule has 1 aromatic carbocycles. The van der Waals surface area contributed by atoms with Crippen molar-refractivity contribution in [1.82, 2.24) is 0 Å². The van der Waals surface area contributed by atoms with Gasteiger partial charge in [0, 0.05) is 11.0 Å². The van der Waals surface area contributed by atoms with Crippen LogP contribution < -0.4 is 5.73 Å². The lowest BCUT2D eigenvalue weighted by Gasteiger charge is -2.10. The van der Waals surface area contributed by atoms with Gasteiger partial charge in [-0.15, -0.1) is 0 Å². The van der Waals surface area contributed by atoms with Crippen LogP contribution in [0.5, 0.6) is 0 Å². The van der Waals surface area contributed by atoms with Crippen LogP contribution in [0.25, 0.3) is 0 Å². The standard InChI is InChI=1S/C9H11BrFNO/c1-5-7(10)2-6(3-8(5)11)9(13)4-12/h2-3,9,13H,4,12H2,1H3. The average Bonchev–Trinajstić information content (AvgIpc) is 2.12. The zero-order chi connectivity index (χ0) is 10.0. The first-order chi connectivity index (χ1) is 6.06. The van der Waals surface area contributed by atoms with E-state index in [1.807, 2.05) is 0 Å². The highest BCUT2D eigenvalue weighted by atomic mass is 79.9. The van der Waals surface area contributed by atoms with Gasteiger partial charge in [0.1, 0.15) is 5.82 Å². The summed E-state index contributed by atoms with van der Waals surface area (Å²) < 4.78 is 13.8. The summed E-state index contributed by atoms with van der Waals surface area (Å²) in [5, 5.41) is 9.36. The lowest BCUT2D eigenvalue weighted by Crippen LogP contribution is -2.12. The first kappa shape index (κ1) is 10.6. The van der Waals surface area contributed by atoms with Crippen molar-refractivity contribution >= 4 is 15.9 Å². The van der Waals surface area contributed by atoms with Gasteiger partial charge in [0.05, 0.1) is 6.10 Å². The van der Waals surface area contributed by atoms with E-state index >= 15 is 0 Å². The summed E-state index contributed by atoms with van der Waals surface area (Å²) >= 11 is 3.20. The molecule has 0 radical (unpaired) electrons. The minimum Gasteiger partial charge on any atom is -0.387 e. The van der Waals surface area contributed by atoms with Crippen LogP contribution >= 0.6 is 15.9 Å². The van der Waals surface area contributed by atoms with Crippen LogP contribution in [0.4, 0.5) is 4.39 Å². The fraction of sp³-hybridized carbons (Fsp3) is 0.333. The molecule has 3 N–H and O–H groups in total. The van der Waals surface area contributed by atoms with Crippen LogP contribution in [-0.4, -0.2) is 11.7 Å². The minimum absolute atomic E-state index is 0.0922. The number of rotatable bonds is 2. The van der Waals surface area contributed by atoms with E-state index in [4.69, 9.17) is 5.73 Å². The van der Waals surface area contributed by atoms with Gasteiger partial charge in [0.25, 0.3) is 0 Å². The maximum Gasteiger partial charge on any atom is 0.127 e. The summed E-state index contributed by atoms with van der Waals surface area (Å²) in [7, 11) is 0. The quantitative estimate of drug-likeness (QED) is 0.839. The Morgan fingerprint density at radius 1 is 1.62 bits per heavy atom. The lowest BCUT2D eigenvalue weighted by molar-refractivity contribution is 0.186. The summed E-state index contributed by atoms with van der Waals surface area (Å²) in [5.74, 6) is -0.336. The van der Waals surface area contributed by atoms with Gasteiger partial charge in [-0.25, -0.2) is 4.39 Å². The summed E-state index contributed by atoms with van der Waals surface area (Å²) in [4.78, 5) is 0. The van der Waals surface area contributed by atoms with Gasteiger partial charge in [0.2, 0.25) is 0 Å².